The molecule has 0 bridgehead atoms. The minimum Gasteiger partial charge on any atom is -0.474 e. The Hall–Kier alpha value is -1.99. The first-order chi connectivity index (χ1) is 10.5. The summed E-state index contributed by atoms with van der Waals surface area (Å²) in [5.41, 5.74) is 1.93. The molecule has 7 heteroatoms. The quantitative estimate of drug-likeness (QED) is 0.794. The Labute approximate surface area is 130 Å². The highest BCUT2D eigenvalue weighted by Crippen LogP contribution is 2.11. The van der Waals surface area contributed by atoms with E-state index in [9.17, 15) is 5.11 Å². The van der Waals surface area contributed by atoms with Gasteiger partial charge in [0, 0.05) is 24.3 Å². The first-order valence-corrected chi connectivity index (χ1v) is 7.37. The number of aliphatic hydroxyl groups is 1. The highest BCUT2D eigenvalue weighted by atomic mass is 16.5. The van der Waals surface area contributed by atoms with Crippen LogP contribution in [0.25, 0.3) is 5.82 Å². The van der Waals surface area contributed by atoms with Crippen molar-refractivity contribution in [2.75, 3.05) is 13.2 Å². The molecule has 7 nitrogen and oxygen atoms in total. The number of hydrogen-bond acceptors (Lipinski definition) is 6. The number of nitrogens with one attached hydrogen (secondary N) is 1. The molecule has 0 spiro atoms. The van der Waals surface area contributed by atoms with E-state index in [1.807, 2.05) is 33.8 Å². The number of aryl methyl sites for hydroxylation is 2. The molecule has 0 fully saturated rings. The topological polar surface area (TPSA) is 85.1 Å². The Morgan fingerprint density at radius 2 is 2.05 bits per heavy atom. The summed E-state index contributed by atoms with van der Waals surface area (Å²) in [6.07, 6.45) is -0.583. The van der Waals surface area contributed by atoms with Gasteiger partial charge < -0.3 is 15.2 Å². The molecule has 2 heterocycles. The molecule has 1 atom stereocenters. The van der Waals surface area contributed by atoms with Gasteiger partial charge in [-0.05, 0) is 26.0 Å². The molecule has 0 aromatic carbocycles. The predicted molar refractivity (Wildman–Crippen MR) is 83.3 cm³/mol. The smallest absolute Gasteiger partial charge is 0.233 e. The largest absolute Gasteiger partial charge is 0.474 e. The van der Waals surface area contributed by atoms with E-state index in [1.165, 1.54) is 0 Å². The number of rotatable bonds is 7. The Bertz CT molecular complexity index is 594. The van der Waals surface area contributed by atoms with Gasteiger partial charge in [0.15, 0.2) is 5.82 Å². The molecule has 0 amide bonds. The van der Waals surface area contributed by atoms with E-state index in [1.54, 1.807) is 16.8 Å². The number of hydrogen-bond donors (Lipinski definition) is 2. The average Bonchev–Trinajstić information content (AvgIpc) is 2.82. The maximum atomic E-state index is 9.78. The van der Waals surface area contributed by atoms with Crippen LogP contribution in [0.15, 0.2) is 18.2 Å². The summed E-state index contributed by atoms with van der Waals surface area (Å²) >= 11 is 0. The minimum atomic E-state index is -0.583. The van der Waals surface area contributed by atoms with Gasteiger partial charge in [0.25, 0.3) is 0 Å². The van der Waals surface area contributed by atoms with Crippen LogP contribution in [0.4, 0.5) is 0 Å². The first kappa shape index (κ1) is 16.4. The molecule has 0 radical (unpaired) electrons. The van der Waals surface area contributed by atoms with Crippen LogP contribution in [0.3, 0.4) is 0 Å². The molecule has 2 aromatic heterocycles. The van der Waals surface area contributed by atoms with Crippen LogP contribution in [-0.2, 0) is 0 Å². The lowest BCUT2D eigenvalue weighted by Crippen LogP contribution is -2.35. The van der Waals surface area contributed by atoms with Crippen LogP contribution < -0.4 is 10.1 Å². The zero-order valence-corrected chi connectivity index (χ0v) is 13.4. The van der Waals surface area contributed by atoms with E-state index in [-0.39, 0.29) is 6.61 Å². The standard InChI is InChI=1S/C15H23N5O2/c1-10(2)16-8-13(21)9-22-15-6-5-14(17-18-15)20-12(4)7-11(3)19-20/h5-7,10,13,16,21H,8-9H2,1-4H3. The van der Waals surface area contributed by atoms with Crippen molar-refractivity contribution in [3.05, 3.63) is 29.6 Å². The zero-order chi connectivity index (χ0) is 16.1. The van der Waals surface area contributed by atoms with Crippen molar-refractivity contribution >= 4 is 0 Å². The summed E-state index contributed by atoms with van der Waals surface area (Å²) < 4.78 is 7.16. The lowest BCUT2D eigenvalue weighted by molar-refractivity contribution is 0.101. The third-order valence-corrected chi connectivity index (χ3v) is 3.04. The molecular weight excluding hydrogens is 282 g/mol. The molecule has 0 aliphatic carbocycles. The Kier molecular flexibility index (Phi) is 5.46. The lowest BCUT2D eigenvalue weighted by Gasteiger charge is -2.14. The summed E-state index contributed by atoms with van der Waals surface area (Å²) in [6, 6.07) is 5.82. The van der Waals surface area contributed by atoms with Crippen molar-refractivity contribution in [3.8, 4) is 11.7 Å². The second-order valence-corrected chi connectivity index (χ2v) is 5.60. The van der Waals surface area contributed by atoms with Gasteiger partial charge in [0.1, 0.15) is 12.7 Å². The van der Waals surface area contributed by atoms with Gasteiger partial charge in [-0.15, -0.1) is 10.2 Å². The third-order valence-electron chi connectivity index (χ3n) is 3.04. The molecule has 1 unspecified atom stereocenters. The fourth-order valence-electron chi connectivity index (χ4n) is 1.98. The molecule has 0 aliphatic heterocycles. The van der Waals surface area contributed by atoms with E-state index in [2.05, 4.69) is 20.6 Å². The molecule has 2 aromatic rings. The second kappa shape index (κ2) is 7.33. The molecule has 2 rings (SSSR count). The summed E-state index contributed by atoms with van der Waals surface area (Å²) in [6.45, 7) is 8.60. The highest BCUT2D eigenvalue weighted by Gasteiger charge is 2.09. The molecule has 22 heavy (non-hydrogen) atoms. The molecule has 0 saturated carbocycles. The van der Waals surface area contributed by atoms with Crippen molar-refractivity contribution in [2.45, 2.75) is 39.8 Å². The first-order valence-electron chi connectivity index (χ1n) is 7.37. The van der Waals surface area contributed by atoms with Crippen LogP contribution in [0, 0.1) is 13.8 Å². The van der Waals surface area contributed by atoms with E-state index in [0.29, 0.717) is 24.3 Å². The lowest BCUT2D eigenvalue weighted by atomic mass is 10.3. The number of aromatic nitrogens is 4. The normalized spacial score (nSPS) is 12.6. The summed E-state index contributed by atoms with van der Waals surface area (Å²) in [7, 11) is 0. The maximum Gasteiger partial charge on any atom is 0.233 e. The van der Waals surface area contributed by atoms with Gasteiger partial charge in [0.05, 0.1) is 5.69 Å². The molecule has 0 saturated heterocycles. The van der Waals surface area contributed by atoms with Crippen LogP contribution in [-0.4, -0.2) is 50.4 Å². The minimum absolute atomic E-state index is 0.174. The predicted octanol–water partition coefficient (Wildman–Crippen LogP) is 1.02. The van der Waals surface area contributed by atoms with Gasteiger partial charge in [-0.3, -0.25) is 0 Å². The van der Waals surface area contributed by atoms with Crippen LogP contribution in [0.2, 0.25) is 0 Å². The SMILES string of the molecule is Cc1cc(C)n(-c2ccc(OCC(O)CNC(C)C)nn2)n1. The van der Waals surface area contributed by atoms with Crippen LogP contribution >= 0.6 is 0 Å². The molecular formula is C15H23N5O2. The molecule has 0 aliphatic rings. The van der Waals surface area contributed by atoms with Gasteiger partial charge in [-0.1, -0.05) is 13.8 Å². The van der Waals surface area contributed by atoms with Crippen molar-refractivity contribution in [2.24, 2.45) is 0 Å². The second-order valence-electron chi connectivity index (χ2n) is 5.60. The number of aliphatic hydroxyl groups excluding tert-OH is 1. The van der Waals surface area contributed by atoms with Gasteiger partial charge in [-0.2, -0.15) is 5.10 Å². The molecule has 2 N–H and O–H groups in total. The molecule has 120 valence electrons. The summed E-state index contributed by atoms with van der Waals surface area (Å²) in [5, 5.41) is 25.4. The maximum absolute atomic E-state index is 9.78. The average molecular weight is 305 g/mol. The summed E-state index contributed by atoms with van der Waals surface area (Å²) in [4.78, 5) is 0. The number of ether oxygens (including phenoxy) is 1. The fraction of sp³-hybridized carbons (Fsp3) is 0.533. The van der Waals surface area contributed by atoms with Gasteiger partial charge >= 0.3 is 0 Å². The summed E-state index contributed by atoms with van der Waals surface area (Å²) in [5.74, 6) is 1.02. The Balaban J connectivity index is 1.91. The highest BCUT2D eigenvalue weighted by molar-refractivity contribution is 5.26. The Morgan fingerprint density at radius 3 is 2.59 bits per heavy atom. The van der Waals surface area contributed by atoms with E-state index < -0.39 is 6.10 Å². The Morgan fingerprint density at radius 1 is 1.27 bits per heavy atom. The van der Waals surface area contributed by atoms with Crippen molar-refractivity contribution in [1.82, 2.24) is 25.3 Å². The number of nitrogens with zero attached hydrogens (tertiary/aromatic N) is 4. The van der Waals surface area contributed by atoms with Crippen molar-refractivity contribution < 1.29 is 9.84 Å². The fourth-order valence-corrected chi connectivity index (χ4v) is 1.98. The van der Waals surface area contributed by atoms with Crippen molar-refractivity contribution in [3.63, 3.8) is 0 Å². The van der Waals surface area contributed by atoms with Gasteiger partial charge in [0.2, 0.25) is 5.88 Å². The van der Waals surface area contributed by atoms with E-state index in [0.717, 1.165) is 11.4 Å². The van der Waals surface area contributed by atoms with Crippen LogP contribution in [0.1, 0.15) is 25.2 Å². The zero-order valence-electron chi connectivity index (χ0n) is 13.4. The van der Waals surface area contributed by atoms with Gasteiger partial charge in [-0.25, -0.2) is 4.68 Å². The third kappa shape index (κ3) is 4.51. The van der Waals surface area contributed by atoms with Crippen LogP contribution in [0.5, 0.6) is 5.88 Å². The monoisotopic (exact) mass is 305 g/mol. The van der Waals surface area contributed by atoms with Crippen molar-refractivity contribution in [1.29, 1.82) is 0 Å². The van der Waals surface area contributed by atoms with E-state index in [4.69, 9.17) is 4.74 Å². The van der Waals surface area contributed by atoms with E-state index >= 15 is 0 Å².